The molecule has 2 aliphatic heterocycles. The van der Waals surface area contributed by atoms with Gasteiger partial charge < -0.3 is 10.2 Å². The Kier molecular flexibility index (Phi) is 3.97. The largest absolute Gasteiger partial charge is 0.381 e. The number of rotatable bonds is 3. The lowest BCUT2D eigenvalue weighted by atomic mass is 9.82. The maximum Gasteiger partial charge on any atom is 0.177 e. The molecule has 0 spiro atoms. The number of piperidine rings is 2. The zero-order valence-corrected chi connectivity index (χ0v) is 13.6. The summed E-state index contributed by atoms with van der Waals surface area (Å²) in [6, 6.07) is 8.90. The molecule has 0 saturated carbocycles. The van der Waals surface area contributed by atoms with E-state index in [9.17, 15) is 8.42 Å². The molecule has 0 radical (unpaired) electrons. The lowest BCUT2D eigenvalue weighted by molar-refractivity contribution is 0.0608. The number of hydrogen-bond acceptors (Lipinski definition) is 4. The van der Waals surface area contributed by atoms with E-state index in [0.717, 1.165) is 18.5 Å². The minimum atomic E-state index is -3.19. The minimum Gasteiger partial charge on any atom is -0.381 e. The molecule has 2 saturated heterocycles. The summed E-state index contributed by atoms with van der Waals surface area (Å²) in [5.74, 6) is 0. The molecule has 1 N–H and O–H groups in total. The van der Waals surface area contributed by atoms with Crippen LogP contribution < -0.4 is 5.32 Å². The molecule has 0 amide bonds. The Balaban J connectivity index is 1.79. The van der Waals surface area contributed by atoms with E-state index in [1.807, 2.05) is 12.1 Å². The van der Waals surface area contributed by atoms with Crippen molar-refractivity contribution < 1.29 is 8.42 Å². The van der Waals surface area contributed by atoms with Crippen LogP contribution in [0.5, 0.6) is 0 Å². The molecule has 116 valence electrons. The smallest absolute Gasteiger partial charge is 0.177 e. The van der Waals surface area contributed by atoms with Crippen LogP contribution in [-0.2, 0) is 9.84 Å². The Hall–Kier alpha value is -1.07. The van der Waals surface area contributed by atoms with Gasteiger partial charge in [0.15, 0.2) is 9.84 Å². The Bertz CT molecular complexity index is 600. The van der Waals surface area contributed by atoms with E-state index in [1.165, 1.54) is 25.5 Å². The summed E-state index contributed by atoms with van der Waals surface area (Å²) < 4.78 is 23.8. The highest BCUT2D eigenvalue weighted by Crippen LogP contribution is 2.34. The molecule has 2 unspecified atom stereocenters. The van der Waals surface area contributed by atoms with Crippen molar-refractivity contribution in [2.24, 2.45) is 0 Å². The van der Waals surface area contributed by atoms with E-state index in [4.69, 9.17) is 0 Å². The van der Waals surface area contributed by atoms with Crippen molar-refractivity contribution in [3.05, 3.63) is 24.3 Å². The van der Waals surface area contributed by atoms with Crippen molar-refractivity contribution in [1.82, 2.24) is 4.90 Å². The third kappa shape index (κ3) is 3.09. The first-order valence-electron chi connectivity index (χ1n) is 7.72. The van der Waals surface area contributed by atoms with Crippen molar-refractivity contribution in [1.29, 1.82) is 0 Å². The lowest BCUT2D eigenvalue weighted by Crippen LogP contribution is -2.52. The Morgan fingerprint density at radius 2 is 1.76 bits per heavy atom. The van der Waals surface area contributed by atoms with E-state index in [2.05, 4.69) is 17.3 Å². The first-order valence-corrected chi connectivity index (χ1v) is 9.62. The molecule has 3 rings (SSSR count). The molecule has 5 heteroatoms. The average Bonchev–Trinajstić information content (AvgIpc) is 2.39. The van der Waals surface area contributed by atoms with Crippen LogP contribution >= 0.6 is 0 Å². The lowest BCUT2D eigenvalue weighted by Gasteiger charge is -2.47. The van der Waals surface area contributed by atoms with Crippen molar-refractivity contribution in [3.63, 3.8) is 0 Å². The maximum absolute atomic E-state index is 11.9. The predicted molar refractivity (Wildman–Crippen MR) is 85.4 cm³/mol. The maximum atomic E-state index is 11.9. The Labute approximate surface area is 127 Å². The summed E-state index contributed by atoms with van der Waals surface area (Å²) in [6.45, 7) is 0. The number of para-hydroxylation sites is 1. The Morgan fingerprint density at radius 1 is 1.14 bits per heavy atom. The normalized spacial score (nSPS) is 30.1. The summed E-state index contributed by atoms with van der Waals surface area (Å²) in [5.41, 5.74) is 0.757. The summed E-state index contributed by atoms with van der Waals surface area (Å²) >= 11 is 0. The van der Waals surface area contributed by atoms with Crippen LogP contribution in [0.1, 0.15) is 32.1 Å². The molecule has 1 aromatic carbocycles. The molecule has 2 aliphatic rings. The molecule has 2 fully saturated rings. The molecule has 2 atom stereocenters. The zero-order chi connectivity index (χ0) is 15.0. The van der Waals surface area contributed by atoms with Gasteiger partial charge >= 0.3 is 0 Å². The second-order valence-electron chi connectivity index (χ2n) is 6.49. The van der Waals surface area contributed by atoms with Crippen molar-refractivity contribution >= 4 is 15.5 Å². The predicted octanol–water partition coefficient (Wildman–Crippen LogP) is 2.52. The van der Waals surface area contributed by atoms with Crippen LogP contribution in [0.25, 0.3) is 0 Å². The van der Waals surface area contributed by atoms with E-state index in [0.29, 0.717) is 23.0 Å². The second kappa shape index (κ2) is 5.61. The van der Waals surface area contributed by atoms with Crippen LogP contribution in [0.15, 0.2) is 29.2 Å². The number of anilines is 1. The zero-order valence-electron chi connectivity index (χ0n) is 12.7. The third-order valence-electron chi connectivity index (χ3n) is 4.99. The van der Waals surface area contributed by atoms with Gasteiger partial charge in [0.2, 0.25) is 0 Å². The summed E-state index contributed by atoms with van der Waals surface area (Å²) in [5, 5.41) is 3.50. The van der Waals surface area contributed by atoms with E-state index in [1.54, 1.807) is 12.1 Å². The van der Waals surface area contributed by atoms with Crippen molar-refractivity contribution in [2.45, 2.75) is 55.1 Å². The van der Waals surface area contributed by atoms with Crippen LogP contribution in [-0.4, -0.2) is 44.7 Å². The standard InChI is InChI=1S/C16H24N2O2S/c1-18-13-6-5-7-14(18)11-12(10-13)17-15-8-3-4-9-16(15)21(2,19)20/h3-4,8-9,12-14,17H,5-7,10-11H2,1-2H3. The number of fused-ring (bicyclic) bond motifs is 2. The highest BCUT2D eigenvalue weighted by atomic mass is 32.2. The Morgan fingerprint density at radius 3 is 2.38 bits per heavy atom. The highest BCUT2D eigenvalue weighted by molar-refractivity contribution is 7.90. The average molecular weight is 308 g/mol. The van der Waals surface area contributed by atoms with Gasteiger partial charge in [0.1, 0.15) is 0 Å². The molecule has 0 aromatic heterocycles. The second-order valence-corrected chi connectivity index (χ2v) is 8.47. The fraction of sp³-hybridized carbons (Fsp3) is 0.625. The van der Waals surface area contributed by atoms with Crippen LogP contribution in [0, 0.1) is 0 Å². The third-order valence-corrected chi connectivity index (χ3v) is 6.14. The van der Waals surface area contributed by atoms with Gasteiger partial charge in [0.25, 0.3) is 0 Å². The van der Waals surface area contributed by atoms with Crippen LogP contribution in [0.2, 0.25) is 0 Å². The van der Waals surface area contributed by atoms with Gasteiger partial charge in [-0.2, -0.15) is 0 Å². The molecular weight excluding hydrogens is 284 g/mol. The molecule has 2 heterocycles. The van der Waals surface area contributed by atoms with E-state index >= 15 is 0 Å². The van der Waals surface area contributed by atoms with E-state index in [-0.39, 0.29) is 0 Å². The molecule has 2 bridgehead atoms. The molecule has 21 heavy (non-hydrogen) atoms. The number of benzene rings is 1. The highest BCUT2D eigenvalue weighted by Gasteiger charge is 2.36. The molecule has 0 aliphatic carbocycles. The molecular formula is C16H24N2O2S. The van der Waals surface area contributed by atoms with Gasteiger partial charge in [-0.15, -0.1) is 0 Å². The van der Waals surface area contributed by atoms with Crippen LogP contribution in [0.4, 0.5) is 5.69 Å². The van der Waals surface area contributed by atoms with Gasteiger partial charge in [-0.25, -0.2) is 8.42 Å². The number of nitrogens with zero attached hydrogens (tertiary/aromatic N) is 1. The summed E-state index contributed by atoms with van der Waals surface area (Å²) in [4.78, 5) is 2.93. The SMILES string of the molecule is CN1C2CCCC1CC(Nc1ccccc1S(C)(=O)=O)C2. The topological polar surface area (TPSA) is 49.4 Å². The van der Waals surface area contributed by atoms with Gasteiger partial charge in [-0.1, -0.05) is 18.6 Å². The van der Waals surface area contributed by atoms with Gasteiger partial charge in [-0.05, 0) is 44.9 Å². The number of hydrogen-bond donors (Lipinski definition) is 1. The quantitative estimate of drug-likeness (QED) is 0.932. The van der Waals surface area contributed by atoms with Crippen LogP contribution in [0.3, 0.4) is 0 Å². The van der Waals surface area contributed by atoms with Gasteiger partial charge in [0, 0.05) is 24.4 Å². The minimum absolute atomic E-state index is 0.374. The molecule has 1 aromatic rings. The van der Waals surface area contributed by atoms with Crippen molar-refractivity contribution in [3.8, 4) is 0 Å². The monoisotopic (exact) mass is 308 g/mol. The van der Waals surface area contributed by atoms with Crippen molar-refractivity contribution in [2.75, 3.05) is 18.6 Å². The number of sulfone groups is 1. The molecule has 4 nitrogen and oxygen atoms in total. The summed E-state index contributed by atoms with van der Waals surface area (Å²) in [7, 11) is -0.955. The summed E-state index contributed by atoms with van der Waals surface area (Å²) in [6.07, 6.45) is 7.33. The van der Waals surface area contributed by atoms with Gasteiger partial charge in [-0.3, -0.25) is 0 Å². The fourth-order valence-electron chi connectivity index (χ4n) is 3.86. The van der Waals surface area contributed by atoms with E-state index < -0.39 is 9.84 Å². The first-order chi connectivity index (χ1) is 9.95. The van der Waals surface area contributed by atoms with Gasteiger partial charge in [0.05, 0.1) is 10.6 Å². The fourth-order valence-corrected chi connectivity index (χ4v) is 4.72. The number of nitrogens with one attached hydrogen (secondary N) is 1. The first kappa shape index (κ1) is 14.9.